The lowest BCUT2D eigenvalue weighted by molar-refractivity contribution is -0.121. The van der Waals surface area contributed by atoms with Crippen molar-refractivity contribution >= 4 is 17.5 Å². The van der Waals surface area contributed by atoms with Gasteiger partial charge >= 0.3 is 0 Å². The molecule has 1 aliphatic rings. The van der Waals surface area contributed by atoms with E-state index in [-0.39, 0.29) is 17.4 Å². The van der Waals surface area contributed by atoms with Crippen LogP contribution >= 0.6 is 0 Å². The van der Waals surface area contributed by atoms with E-state index < -0.39 is 11.7 Å². The number of hydrogen-bond acceptors (Lipinski definition) is 5. The molecule has 1 fully saturated rings. The minimum Gasteiger partial charge on any atom is -0.494 e. The first kappa shape index (κ1) is 29.4. The van der Waals surface area contributed by atoms with Gasteiger partial charge in [-0.15, -0.1) is 0 Å². The van der Waals surface area contributed by atoms with Crippen LogP contribution in [0.5, 0.6) is 5.75 Å². The zero-order chi connectivity index (χ0) is 27.4. The number of carbonyl (C=O) groups is 2. The molecule has 0 spiro atoms. The third-order valence-corrected chi connectivity index (χ3v) is 5.47. The number of ether oxygens (including phenoxy) is 1. The van der Waals surface area contributed by atoms with Crippen molar-refractivity contribution < 1.29 is 18.7 Å². The summed E-state index contributed by atoms with van der Waals surface area (Å²) in [5.41, 5.74) is 8.19. The summed E-state index contributed by atoms with van der Waals surface area (Å²) in [4.78, 5) is 24.9. The van der Waals surface area contributed by atoms with E-state index in [1.54, 1.807) is 24.5 Å². The summed E-state index contributed by atoms with van der Waals surface area (Å²) in [6.45, 7) is 7.91. The van der Waals surface area contributed by atoms with Crippen LogP contribution in [-0.2, 0) is 9.59 Å². The third kappa shape index (κ3) is 8.34. The number of aromatic nitrogens is 2. The Balaban J connectivity index is 0.00000235. The predicted molar refractivity (Wildman–Crippen MR) is 145 cm³/mol. The topological polar surface area (TPSA) is 122 Å². The first-order valence-corrected chi connectivity index (χ1v) is 12.7. The highest BCUT2D eigenvalue weighted by Gasteiger charge is 2.30. The number of unbranched alkanes of at least 4 members (excludes halogenated alkanes) is 1. The van der Waals surface area contributed by atoms with Gasteiger partial charge in [-0.3, -0.25) is 14.7 Å². The van der Waals surface area contributed by atoms with Gasteiger partial charge in [0.15, 0.2) is 0 Å². The van der Waals surface area contributed by atoms with Gasteiger partial charge in [0.1, 0.15) is 11.6 Å². The molecule has 8 nitrogen and oxygen atoms in total. The molecule has 9 heteroatoms. The van der Waals surface area contributed by atoms with Gasteiger partial charge in [-0.2, -0.15) is 5.10 Å². The molecule has 0 radical (unpaired) electrons. The highest BCUT2D eigenvalue weighted by Crippen LogP contribution is 2.38. The van der Waals surface area contributed by atoms with E-state index in [9.17, 15) is 14.0 Å². The van der Waals surface area contributed by atoms with Crippen LogP contribution in [0.25, 0.3) is 11.1 Å². The number of benzene rings is 1. The van der Waals surface area contributed by atoms with Crippen LogP contribution in [0.15, 0.2) is 59.7 Å². The lowest BCUT2D eigenvalue weighted by atomic mass is 10.0. The molecule has 1 saturated carbocycles. The van der Waals surface area contributed by atoms with E-state index in [0.29, 0.717) is 40.4 Å². The van der Waals surface area contributed by atoms with E-state index in [1.807, 2.05) is 33.8 Å². The Kier molecular flexibility index (Phi) is 11.6. The molecule has 5 N–H and O–H groups in total. The number of hydrogen-bond donors (Lipinski definition) is 4. The standard InChI is InChI=1S/C26H32FN5O3.C2H6/c1-4-6-8-19(31-26(34)16-9-10-16)13-22(20(7-5-2)25(28)33)32-23-12-18(27)11-21(24(23)35-3)17-14-29-30-15-17;1-2/h7-8,11-16,32H,4-6,9-10H2,1-3H3,(H2,28,33)(H,29,30)(H,31,34);1-2H3/b19-8-,20-7-,22-13+;. The molecule has 200 valence electrons. The Hall–Kier alpha value is -3.88. The average Bonchev–Trinajstić information content (AvgIpc) is 3.60. The van der Waals surface area contributed by atoms with Crippen LogP contribution in [0, 0.1) is 11.7 Å². The fourth-order valence-electron chi connectivity index (χ4n) is 3.58. The van der Waals surface area contributed by atoms with Gasteiger partial charge in [-0.05, 0) is 37.8 Å². The monoisotopic (exact) mass is 511 g/mol. The number of rotatable bonds is 12. The van der Waals surface area contributed by atoms with Crippen molar-refractivity contribution in [2.45, 2.75) is 59.8 Å². The number of carbonyl (C=O) groups excluding carboxylic acids is 2. The summed E-state index contributed by atoms with van der Waals surface area (Å²) in [5.74, 6) is -0.853. The van der Waals surface area contributed by atoms with E-state index in [0.717, 1.165) is 25.7 Å². The second kappa shape index (κ2) is 14.6. The number of amides is 2. The first-order valence-electron chi connectivity index (χ1n) is 12.7. The van der Waals surface area contributed by atoms with Gasteiger partial charge in [0, 0.05) is 35.0 Å². The van der Waals surface area contributed by atoms with Crippen molar-refractivity contribution in [1.29, 1.82) is 0 Å². The van der Waals surface area contributed by atoms with Gasteiger partial charge in [0.25, 0.3) is 0 Å². The number of aromatic amines is 1. The molecule has 0 aliphatic heterocycles. The first-order chi connectivity index (χ1) is 17.9. The summed E-state index contributed by atoms with van der Waals surface area (Å²) in [6, 6.07) is 2.62. The van der Waals surface area contributed by atoms with Crippen LogP contribution in [-0.4, -0.2) is 29.1 Å². The van der Waals surface area contributed by atoms with Gasteiger partial charge in [-0.1, -0.05) is 46.3 Å². The van der Waals surface area contributed by atoms with Gasteiger partial charge < -0.3 is 21.1 Å². The van der Waals surface area contributed by atoms with Crippen molar-refractivity contribution in [3.8, 4) is 16.9 Å². The number of nitrogens with two attached hydrogens (primary N) is 1. The molecule has 37 heavy (non-hydrogen) atoms. The zero-order valence-electron chi connectivity index (χ0n) is 22.3. The second-order valence-corrected chi connectivity index (χ2v) is 8.31. The summed E-state index contributed by atoms with van der Waals surface area (Å²) in [7, 11) is 1.48. The number of halogens is 1. The van der Waals surface area contributed by atoms with Gasteiger partial charge in [0.2, 0.25) is 11.8 Å². The summed E-state index contributed by atoms with van der Waals surface area (Å²) in [5, 5.41) is 12.7. The van der Waals surface area contributed by atoms with E-state index in [4.69, 9.17) is 10.5 Å². The molecule has 0 saturated heterocycles. The number of primary amides is 1. The van der Waals surface area contributed by atoms with E-state index in [2.05, 4.69) is 20.8 Å². The predicted octanol–water partition coefficient (Wildman–Crippen LogP) is 5.58. The van der Waals surface area contributed by atoms with Crippen molar-refractivity contribution in [3.63, 3.8) is 0 Å². The maximum absolute atomic E-state index is 14.7. The Bertz CT molecular complexity index is 1150. The van der Waals surface area contributed by atoms with Crippen LogP contribution in [0.4, 0.5) is 10.1 Å². The van der Waals surface area contributed by atoms with Crippen molar-refractivity contribution in [2.24, 2.45) is 11.7 Å². The Morgan fingerprint density at radius 2 is 1.97 bits per heavy atom. The quantitative estimate of drug-likeness (QED) is 0.219. The fraction of sp³-hybridized carbons (Fsp3) is 0.393. The zero-order valence-corrected chi connectivity index (χ0v) is 22.3. The largest absolute Gasteiger partial charge is 0.494 e. The van der Waals surface area contributed by atoms with Gasteiger partial charge in [-0.25, -0.2) is 4.39 Å². The molecule has 1 aromatic carbocycles. The molecular formula is C28H38FN5O3. The van der Waals surface area contributed by atoms with Crippen molar-refractivity contribution in [3.05, 3.63) is 65.5 Å². The highest BCUT2D eigenvalue weighted by atomic mass is 19.1. The normalized spacial score (nSPS) is 13.9. The lowest BCUT2D eigenvalue weighted by Crippen LogP contribution is -2.25. The SMILES string of the molecule is CC.CC/C=C(C(N)=O)/C(=C\C(=C\CCC)NC(=O)C1CC1)Nc1cc(F)cc(-c2cn[nH]c2)c1OC. The Morgan fingerprint density at radius 3 is 2.51 bits per heavy atom. The average molecular weight is 512 g/mol. The Morgan fingerprint density at radius 1 is 1.24 bits per heavy atom. The number of H-pyrrole nitrogens is 1. The van der Waals surface area contributed by atoms with Crippen LogP contribution in [0.3, 0.4) is 0 Å². The Labute approximate surface area is 218 Å². The maximum Gasteiger partial charge on any atom is 0.250 e. The molecule has 0 unspecified atom stereocenters. The molecular weight excluding hydrogens is 473 g/mol. The molecule has 1 aliphatic carbocycles. The minimum absolute atomic E-state index is 0.00691. The van der Waals surface area contributed by atoms with E-state index in [1.165, 1.54) is 19.2 Å². The minimum atomic E-state index is -0.653. The molecule has 1 aromatic heterocycles. The number of methoxy groups -OCH3 is 1. The molecule has 0 bridgehead atoms. The molecule has 2 aromatic rings. The van der Waals surface area contributed by atoms with Crippen LogP contribution in [0.2, 0.25) is 0 Å². The maximum atomic E-state index is 14.7. The third-order valence-electron chi connectivity index (χ3n) is 5.47. The smallest absolute Gasteiger partial charge is 0.250 e. The van der Waals surface area contributed by atoms with Crippen LogP contribution < -0.4 is 21.1 Å². The molecule has 0 atom stereocenters. The number of allylic oxidation sites excluding steroid dienone is 3. The van der Waals surface area contributed by atoms with Crippen molar-refractivity contribution in [1.82, 2.24) is 15.5 Å². The van der Waals surface area contributed by atoms with E-state index >= 15 is 0 Å². The number of nitrogens with one attached hydrogen (secondary N) is 3. The molecule has 3 rings (SSSR count). The fourth-order valence-corrected chi connectivity index (χ4v) is 3.58. The number of anilines is 1. The highest BCUT2D eigenvalue weighted by molar-refractivity contribution is 5.98. The van der Waals surface area contributed by atoms with Crippen molar-refractivity contribution in [2.75, 3.05) is 12.4 Å². The van der Waals surface area contributed by atoms with Crippen LogP contribution in [0.1, 0.15) is 59.8 Å². The summed E-state index contributed by atoms with van der Waals surface area (Å²) in [6.07, 6.45) is 12.3. The summed E-state index contributed by atoms with van der Waals surface area (Å²) < 4.78 is 20.3. The number of nitrogens with zero attached hydrogens (tertiary/aromatic N) is 1. The summed E-state index contributed by atoms with van der Waals surface area (Å²) >= 11 is 0. The molecule has 1 heterocycles. The second-order valence-electron chi connectivity index (χ2n) is 8.31. The lowest BCUT2D eigenvalue weighted by Gasteiger charge is -2.19. The van der Waals surface area contributed by atoms with Gasteiger partial charge in [0.05, 0.1) is 30.3 Å². The molecule has 2 amide bonds.